The molecule has 0 aliphatic heterocycles. The van der Waals surface area contributed by atoms with E-state index in [0.29, 0.717) is 6.54 Å². The van der Waals surface area contributed by atoms with Crippen LogP contribution < -0.4 is 16.6 Å². The smallest absolute Gasteiger partial charge is 0.326 e. The van der Waals surface area contributed by atoms with E-state index in [2.05, 4.69) is 10.3 Å². The first-order chi connectivity index (χ1) is 7.13. The molecule has 0 bridgehead atoms. The molecule has 0 radical (unpaired) electrons. The number of carbonyl (C=O) groups is 1. The van der Waals surface area contributed by atoms with Crippen molar-refractivity contribution < 1.29 is 4.79 Å². The summed E-state index contributed by atoms with van der Waals surface area (Å²) in [5.74, 6) is -0.438. The normalized spacial score (nSPS) is 9.93. The Kier molecular flexibility index (Phi) is 3.84. The molecule has 0 unspecified atom stereocenters. The number of H-pyrrole nitrogens is 2. The Labute approximate surface area is 85.7 Å². The zero-order valence-corrected chi connectivity index (χ0v) is 8.42. The molecule has 0 spiro atoms. The minimum atomic E-state index is -0.678. The molecule has 15 heavy (non-hydrogen) atoms. The molecule has 0 aliphatic rings. The summed E-state index contributed by atoms with van der Waals surface area (Å²) in [5.41, 5.74) is -1.28. The second-order valence-electron chi connectivity index (χ2n) is 3.11. The van der Waals surface area contributed by atoms with Crippen LogP contribution in [0.4, 0.5) is 0 Å². The summed E-state index contributed by atoms with van der Waals surface area (Å²) in [6.07, 6.45) is 1.82. The molecule has 1 heterocycles. The van der Waals surface area contributed by atoms with E-state index in [1.54, 1.807) is 0 Å². The molecule has 0 aromatic carbocycles. The Bertz CT molecular complexity index is 418. The molecule has 0 fully saturated rings. The number of hydrogen-bond acceptors (Lipinski definition) is 3. The number of hydrogen-bond donors (Lipinski definition) is 3. The van der Waals surface area contributed by atoms with Gasteiger partial charge in [-0.25, -0.2) is 4.79 Å². The summed E-state index contributed by atoms with van der Waals surface area (Å²) in [5, 5.41) is 2.59. The number of nitrogens with one attached hydrogen (secondary N) is 3. The molecule has 6 nitrogen and oxygen atoms in total. The Balaban J connectivity index is 2.74. The van der Waals surface area contributed by atoms with E-state index in [1.165, 1.54) is 0 Å². The maximum atomic E-state index is 11.4. The van der Waals surface area contributed by atoms with E-state index in [-0.39, 0.29) is 5.69 Å². The average Bonchev–Trinajstić information content (AvgIpc) is 2.16. The summed E-state index contributed by atoms with van der Waals surface area (Å²) in [6, 6.07) is 1.06. The van der Waals surface area contributed by atoms with Crippen LogP contribution >= 0.6 is 0 Å². The van der Waals surface area contributed by atoms with Crippen molar-refractivity contribution in [3.05, 3.63) is 32.6 Å². The highest BCUT2D eigenvalue weighted by molar-refractivity contribution is 5.91. The standard InChI is InChI=1S/C9H13N3O3/c1-2-3-4-10-8(14)6-5-7(13)12-9(15)11-6/h5H,2-4H2,1H3,(H,10,14)(H2,11,12,13,15). The van der Waals surface area contributed by atoms with Crippen molar-refractivity contribution in [1.82, 2.24) is 15.3 Å². The van der Waals surface area contributed by atoms with Gasteiger partial charge in [-0.15, -0.1) is 0 Å². The highest BCUT2D eigenvalue weighted by Gasteiger charge is 2.06. The highest BCUT2D eigenvalue weighted by Crippen LogP contribution is 1.87. The maximum Gasteiger partial charge on any atom is 0.326 e. The monoisotopic (exact) mass is 211 g/mol. The molecule has 1 amide bonds. The third-order valence-corrected chi connectivity index (χ3v) is 1.82. The van der Waals surface area contributed by atoms with E-state index in [9.17, 15) is 14.4 Å². The van der Waals surface area contributed by atoms with Gasteiger partial charge in [-0.1, -0.05) is 13.3 Å². The van der Waals surface area contributed by atoms with Crippen molar-refractivity contribution in [3.63, 3.8) is 0 Å². The van der Waals surface area contributed by atoms with Gasteiger partial charge in [-0.3, -0.25) is 14.6 Å². The molecule has 0 atom stereocenters. The van der Waals surface area contributed by atoms with Crippen LogP contribution in [0, 0.1) is 0 Å². The van der Waals surface area contributed by atoms with Crippen LogP contribution in [0.25, 0.3) is 0 Å². The summed E-state index contributed by atoms with van der Waals surface area (Å²) in [6.45, 7) is 2.53. The van der Waals surface area contributed by atoms with Crippen LogP contribution in [0.3, 0.4) is 0 Å². The topological polar surface area (TPSA) is 94.8 Å². The number of amides is 1. The first-order valence-corrected chi connectivity index (χ1v) is 4.75. The van der Waals surface area contributed by atoms with Crippen LogP contribution in [-0.2, 0) is 0 Å². The molecule has 3 N–H and O–H groups in total. The van der Waals surface area contributed by atoms with Crippen molar-refractivity contribution >= 4 is 5.91 Å². The van der Waals surface area contributed by atoms with Gasteiger partial charge in [0.15, 0.2) is 0 Å². The van der Waals surface area contributed by atoms with Gasteiger partial charge in [0.1, 0.15) is 5.69 Å². The molecule has 0 aliphatic carbocycles. The van der Waals surface area contributed by atoms with Gasteiger partial charge in [0.25, 0.3) is 11.5 Å². The third kappa shape index (κ3) is 3.41. The zero-order valence-electron chi connectivity index (χ0n) is 8.42. The van der Waals surface area contributed by atoms with Crippen LogP contribution in [0.15, 0.2) is 15.7 Å². The van der Waals surface area contributed by atoms with E-state index in [0.717, 1.165) is 18.9 Å². The molecule has 1 rings (SSSR count). The predicted octanol–water partition coefficient (Wildman–Crippen LogP) is -0.407. The van der Waals surface area contributed by atoms with E-state index >= 15 is 0 Å². The quantitative estimate of drug-likeness (QED) is 0.591. The molecule has 0 saturated carbocycles. The fourth-order valence-corrected chi connectivity index (χ4v) is 1.06. The molecular weight excluding hydrogens is 198 g/mol. The lowest BCUT2D eigenvalue weighted by atomic mass is 10.3. The lowest BCUT2D eigenvalue weighted by Crippen LogP contribution is -2.31. The zero-order chi connectivity index (χ0) is 11.3. The Morgan fingerprint density at radius 1 is 1.40 bits per heavy atom. The summed E-state index contributed by atoms with van der Waals surface area (Å²) in [4.78, 5) is 37.4. The van der Waals surface area contributed by atoms with Gasteiger partial charge in [-0.2, -0.15) is 0 Å². The summed E-state index contributed by atoms with van der Waals surface area (Å²) < 4.78 is 0. The lowest BCUT2D eigenvalue weighted by Gasteiger charge is -2.02. The van der Waals surface area contributed by atoms with Crippen molar-refractivity contribution in [2.75, 3.05) is 6.54 Å². The fraction of sp³-hybridized carbons (Fsp3) is 0.444. The second-order valence-corrected chi connectivity index (χ2v) is 3.11. The highest BCUT2D eigenvalue weighted by atomic mass is 16.2. The number of rotatable bonds is 4. The Hall–Kier alpha value is -1.85. The fourth-order valence-electron chi connectivity index (χ4n) is 1.06. The Morgan fingerprint density at radius 3 is 2.73 bits per heavy atom. The second kappa shape index (κ2) is 5.14. The van der Waals surface area contributed by atoms with Gasteiger partial charge < -0.3 is 10.3 Å². The summed E-state index contributed by atoms with van der Waals surface area (Å²) >= 11 is 0. The van der Waals surface area contributed by atoms with Crippen LogP contribution in [-0.4, -0.2) is 22.4 Å². The summed E-state index contributed by atoms with van der Waals surface area (Å²) in [7, 11) is 0. The lowest BCUT2D eigenvalue weighted by molar-refractivity contribution is 0.0947. The van der Waals surface area contributed by atoms with Gasteiger partial charge in [-0.05, 0) is 6.42 Å². The third-order valence-electron chi connectivity index (χ3n) is 1.82. The van der Waals surface area contributed by atoms with Gasteiger partial charge in [0.05, 0.1) is 0 Å². The van der Waals surface area contributed by atoms with E-state index in [4.69, 9.17) is 0 Å². The van der Waals surface area contributed by atoms with E-state index in [1.807, 2.05) is 11.9 Å². The van der Waals surface area contributed by atoms with Gasteiger partial charge in [0, 0.05) is 12.6 Å². The van der Waals surface area contributed by atoms with Crippen molar-refractivity contribution in [3.8, 4) is 0 Å². The maximum absolute atomic E-state index is 11.4. The molecule has 1 aromatic heterocycles. The van der Waals surface area contributed by atoms with Crippen molar-refractivity contribution in [2.45, 2.75) is 19.8 Å². The van der Waals surface area contributed by atoms with Gasteiger partial charge in [0.2, 0.25) is 0 Å². The molecule has 0 saturated heterocycles. The van der Waals surface area contributed by atoms with Gasteiger partial charge >= 0.3 is 5.69 Å². The molecular formula is C9H13N3O3. The SMILES string of the molecule is CCCCNC(=O)c1cc(=O)[nH]c(=O)[nH]1. The van der Waals surface area contributed by atoms with Crippen LogP contribution in [0.5, 0.6) is 0 Å². The van der Waals surface area contributed by atoms with Crippen LogP contribution in [0.1, 0.15) is 30.3 Å². The number of carbonyl (C=O) groups excluding carboxylic acids is 1. The molecule has 82 valence electrons. The van der Waals surface area contributed by atoms with Crippen molar-refractivity contribution in [2.24, 2.45) is 0 Å². The Morgan fingerprint density at radius 2 is 2.13 bits per heavy atom. The minimum absolute atomic E-state index is 0.0140. The largest absolute Gasteiger partial charge is 0.351 e. The molecule has 1 aromatic rings. The number of aromatic nitrogens is 2. The number of unbranched alkanes of at least 4 members (excludes halogenated alkanes) is 1. The molecule has 6 heteroatoms. The first-order valence-electron chi connectivity index (χ1n) is 4.75. The first kappa shape index (κ1) is 11.2. The van der Waals surface area contributed by atoms with Crippen LogP contribution in [0.2, 0.25) is 0 Å². The minimum Gasteiger partial charge on any atom is -0.351 e. The van der Waals surface area contributed by atoms with Crippen molar-refractivity contribution in [1.29, 1.82) is 0 Å². The number of aromatic amines is 2. The predicted molar refractivity (Wildman–Crippen MR) is 54.9 cm³/mol. The average molecular weight is 211 g/mol. The van der Waals surface area contributed by atoms with E-state index < -0.39 is 17.2 Å².